The number of nitrogens with zero attached hydrogens (tertiary/aromatic N) is 1. The number of carbonyl (C=O) groups is 2. The molecule has 0 aliphatic rings. The minimum Gasteiger partial charge on any atom is -0.497 e. The average Bonchev–Trinajstić information content (AvgIpc) is 2.60. The van der Waals surface area contributed by atoms with Gasteiger partial charge in [0.05, 0.1) is 22.6 Å². The lowest BCUT2D eigenvalue weighted by Gasteiger charge is -2.13. The summed E-state index contributed by atoms with van der Waals surface area (Å²) in [6.45, 7) is 1.43. The van der Waals surface area contributed by atoms with Crippen molar-refractivity contribution >= 4 is 29.0 Å². The molecule has 2 aromatic rings. The highest BCUT2D eigenvalue weighted by molar-refractivity contribution is 6.33. The number of non-ortho nitro benzene ring substituents is 1. The van der Waals surface area contributed by atoms with Gasteiger partial charge in [-0.15, -0.1) is 0 Å². The van der Waals surface area contributed by atoms with Gasteiger partial charge in [-0.2, -0.15) is 0 Å². The normalized spacial score (nSPS) is 11.5. The molecule has 0 fully saturated rings. The standard InChI is InChI=1S/C17H14ClNO6/c1-10(16(20)11-3-6-13(24-2)7-4-11)25-17(21)14-8-5-12(19(22)23)9-15(14)18/h3-10H,1-2H3/t10-/m0/s1. The smallest absolute Gasteiger partial charge is 0.340 e. The van der Waals surface area contributed by atoms with Crippen molar-refractivity contribution in [3.63, 3.8) is 0 Å². The van der Waals surface area contributed by atoms with Gasteiger partial charge in [-0.1, -0.05) is 11.6 Å². The zero-order chi connectivity index (χ0) is 18.6. The molecule has 130 valence electrons. The van der Waals surface area contributed by atoms with Crippen LogP contribution in [0.2, 0.25) is 5.02 Å². The Morgan fingerprint density at radius 1 is 1.16 bits per heavy atom. The fraction of sp³-hybridized carbons (Fsp3) is 0.176. The maximum absolute atomic E-state index is 12.3. The molecular weight excluding hydrogens is 350 g/mol. The molecule has 0 heterocycles. The van der Waals surface area contributed by atoms with Gasteiger partial charge in [0.25, 0.3) is 5.69 Å². The van der Waals surface area contributed by atoms with Crippen LogP contribution in [0.15, 0.2) is 42.5 Å². The van der Waals surface area contributed by atoms with Crippen molar-refractivity contribution in [2.75, 3.05) is 7.11 Å². The predicted molar refractivity (Wildman–Crippen MR) is 90.3 cm³/mol. The van der Waals surface area contributed by atoms with E-state index in [1.165, 1.54) is 20.1 Å². The Bertz CT molecular complexity index is 818. The molecule has 0 aliphatic heterocycles. The van der Waals surface area contributed by atoms with Gasteiger partial charge in [0.1, 0.15) is 5.75 Å². The van der Waals surface area contributed by atoms with Crippen LogP contribution in [0.5, 0.6) is 5.75 Å². The summed E-state index contributed by atoms with van der Waals surface area (Å²) in [4.78, 5) is 34.5. The zero-order valence-corrected chi connectivity index (χ0v) is 14.1. The Morgan fingerprint density at radius 2 is 1.80 bits per heavy atom. The van der Waals surface area contributed by atoms with Crippen LogP contribution in [0.3, 0.4) is 0 Å². The van der Waals surface area contributed by atoms with Crippen LogP contribution in [0.25, 0.3) is 0 Å². The number of ketones is 1. The fourth-order valence-electron chi connectivity index (χ4n) is 2.05. The highest BCUT2D eigenvalue weighted by Gasteiger charge is 2.23. The molecular formula is C17H14ClNO6. The van der Waals surface area contributed by atoms with E-state index >= 15 is 0 Å². The van der Waals surface area contributed by atoms with Crippen LogP contribution in [-0.2, 0) is 4.74 Å². The molecule has 0 saturated carbocycles. The van der Waals surface area contributed by atoms with Crippen LogP contribution in [0, 0.1) is 10.1 Å². The summed E-state index contributed by atoms with van der Waals surface area (Å²) in [6.07, 6.45) is -1.05. The molecule has 0 bridgehead atoms. The Hall–Kier alpha value is -2.93. The second-order valence-corrected chi connectivity index (χ2v) is 5.47. The van der Waals surface area contributed by atoms with Crippen molar-refractivity contribution < 1.29 is 24.0 Å². The van der Waals surface area contributed by atoms with Crippen molar-refractivity contribution in [1.82, 2.24) is 0 Å². The number of hydrogen-bond acceptors (Lipinski definition) is 6. The van der Waals surface area contributed by atoms with E-state index in [1.54, 1.807) is 24.3 Å². The van der Waals surface area contributed by atoms with E-state index in [0.29, 0.717) is 11.3 Å². The van der Waals surface area contributed by atoms with Crippen molar-refractivity contribution in [1.29, 1.82) is 0 Å². The highest BCUT2D eigenvalue weighted by Crippen LogP contribution is 2.24. The molecule has 0 amide bonds. The molecule has 0 aromatic heterocycles. The predicted octanol–water partition coefficient (Wildman–Crippen LogP) is 3.69. The lowest BCUT2D eigenvalue weighted by Crippen LogP contribution is -2.24. The first kappa shape index (κ1) is 18.4. The first-order valence-corrected chi connectivity index (χ1v) is 7.54. The van der Waals surface area contributed by atoms with E-state index in [4.69, 9.17) is 21.1 Å². The molecule has 7 nitrogen and oxygen atoms in total. The largest absolute Gasteiger partial charge is 0.497 e. The summed E-state index contributed by atoms with van der Waals surface area (Å²) in [5.41, 5.74) is 0.0569. The van der Waals surface area contributed by atoms with Gasteiger partial charge in [0.2, 0.25) is 5.78 Å². The number of Topliss-reactive ketones (excluding diaryl/α,β-unsaturated/α-hetero) is 1. The summed E-state index contributed by atoms with van der Waals surface area (Å²) in [7, 11) is 1.51. The number of ether oxygens (including phenoxy) is 2. The number of methoxy groups -OCH3 is 1. The number of esters is 1. The molecule has 2 aromatic carbocycles. The monoisotopic (exact) mass is 363 g/mol. The van der Waals surface area contributed by atoms with Gasteiger partial charge in [-0.3, -0.25) is 14.9 Å². The van der Waals surface area contributed by atoms with Crippen LogP contribution in [0.4, 0.5) is 5.69 Å². The molecule has 0 saturated heterocycles. The number of halogens is 1. The molecule has 1 atom stereocenters. The van der Waals surface area contributed by atoms with E-state index in [9.17, 15) is 19.7 Å². The molecule has 25 heavy (non-hydrogen) atoms. The van der Waals surface area contributed by atoms with Crippen LogP contribution in [0.1, 0.15) is 27.6 Å². The summed E-state index contributed by atoms with van der Waals surface area (Å²) in [5.74, 6) is -0.637. The van der Waals surface area contributed by atoms with E-state index in [2.05, 4.69) is 0 Å². The lowest BCUT2D eigenvalue weighted by molar-refractivity contribution is -0.384. The summed E-state index contributed by atoms with van der Waals surface area (Å²) in [6, 6.07) is 9.73. The number of hydrogen-bond donors (Lipinski definition) is 0. The summed E-state index contributed by atoms with van der Waals surface area (Å²) in [5, 5.41) is 10.6. The third-order valence-electron chi connectivity index (χ3n) is 3.41. The topological polar surface area (TPSA) is 95.7 Å². The van der Waals surface area contributed by atoms with Gasteiger partial charge >= 0.3 is 5.97 Å². The second kappa shape index (κ2) is 7.76. The van der Waals surface area contributed by atoms with Crippen molar-refractivity contribution in [2.24, 2.45) is 0 Å². The van der Waals surface area contributed by atoms with E-state index in [1.807, 2.05) is 0 Å². The maximum Gasteiger partial charge on any atom is 0.340 e. The zero-order valence-electron chi connectivity index (χ0n) is 13.4. The van der Waals surface area contributed by atoms with Gasteiger partial charge < -0.3 is 9.47 Å². The summed E-state index contributed by atoms with van der Waals surface area (Å²) < 4.78 is 10.1. The number of nitro benzene ring substituents is 1. The number of carbonyl (C=O) groups excluding carboxylic acids is 2. The van der Waals surface area contributed by atoms with Crippen LogP contribution < -0.4 is 4.74 Å². The fourth-order valence-corrected chi connectivity index (χ4v) is 2.30. The molecule has 8 heteroatoms. The molecule has 0 unspecified atom stereocenters. The Kier molecular flexibility index (Phi) is 5.71. The van der Waals surface area contributed by atoms with Crippen LogP contribution >= 0.6 is 11.6 Å². The third-order valence-corrected chi connectivity index (χ3v) is 3.72. The lowest BCUT2D eigenvalue weighted by atomic mass is 10.1. The molecule has 0 radical (unpaired) electrons. The maximum atomic E-state index is 12.3. The number of rotatable bonds is 6. The number of nitro groups is 1. The van der Waals surface area contributed by atoms with E-state index < -0.39 is 22.8 Å². The Morgan fingerprint density at radius 3 is 2.32 bits per heavy atom. The molecule has 0 N–H and O–H groups in total. The van der Waals surface area contributed by atoms with Crippen molar-refractivity contribution in [2.45, 2.75) is 13.0 Å². The molecule has 0 aliphatic carbocycles. The first-order chi connectivity index (χ1) is 11.8. The average molecular weight is 364 g/mol. The van der Waals surface area contributed by atoms with Gasteiger partial charge in [-0.05, 0) is 37.3 Å². The molecule has 0 spiro atoms. The van der Waals surface area contributed by atoms with Crippen molar-refractivity contribution in [3.8, 4) is 5.75 Å². The van der Waals surface area contributed by atoms with Gasteiger partial charge in [-0.25, -0.2) is 4.79 Å². The van der Waals surface area contributed by atoms with Crippen molar-refractivity contribution in [3.05, 3.63) is 68.7 Å². The van der Waals surface area contributed by atoms with Gasteiger partial charge in [0.15, 0.2) is 6.10 Å². The SMILES string of the molecule is COc1ccc(C(=O)[C@H](C)OC(=O)c2ccc([N+](=O)[O-])cc2Cl)cc1. The van der Waals surface area contributed by atoms with E-state index in [0.717, 1.165) is 12.1 Å². The first-order valence-electron chi connectivity index (χ1n) is 7.16. The molecule has 2 rings (SSSR count). The van der Waals surface area contributed by atoms with Crippen LogP contribution in [-0.4, -0.2) is 29.9 Å². The van der Waals surface area contributed by atoms with Gasteiger partial charge in [0, 0.05) is 17.7 Å². The second-order valence-electron chi connectivity index (χ2n) is 5.06. The summed E-state index contributed by atoms with van der Waals surface area (Å²) >= 11 is 5.88. The quantitative estimate of drug-likeness (QED) is 0.336. The van der Waals surface area contributed by atoms with E-state index in [-0.39, 0.29) is 16.3 Å². The minimum atomic E-state index is -1.05. The third kappa shape index (κ3) is 4.33. The highest BCUT2D eigenvalue weighted by atomic mass is 35.5. The number of benzene rings is 2. The minimum absolute atomic E-state index is 0.0540. The Labute approximate surface area is 148 Å². The Balaban J connectivity index is 2.11.